The fraction of sp³-hybridized carbons (Fsp3) is 0.182. The molecule has 0 unspecified atom stereocenters. The Morgan fingerprint density at radius 3 is 3.20 bits per heavy atom. The molecule has 1 N–H and O–H groups in total. The van der Waals surface area contributed by atoms with Gasteiger partial charge in [0.05, 0.1) is 17.4 Å². The minimum atomic E-state index is 0.750. The number of aromatic nitrogens is 2. The van der Waals surface area contributed by atoms with Crippen molar-refractivity contribution in [2.45, 2.75) is 6.54 Å². The number of benzene rings is 1. The summed E-state index contributed by atoms with van der Waals surface area (Å²) >= 11 is 0. The summed E-state index contributed by atoms with van der Waals surface area (Å²) in [4.78, 5) is 0. The molecule has 4 nitrogen and oxygen atoms in total. The van der Waals surface area contributed by atoms with Crippen LogP contribution >= 0.6 is 0 Å². The first kappa shape index (κ1) is 8.35. The minimum Gasteiger partial charge on any atom is -0.437 e. The number of rotatable bonds is 0. The number of hydrogen-bond acceptors (Lipinski definition) is 3. The Bertz CT molecular complexity index is 504. The standard InChI is InChI=1S/C11H11N3O/c1-14-11-8(7-13-14)6-12-9-4-2-3-5-10(9)15-11/h2-5,7,12H,6H2,1H3. The van der Waals surface area contributed by atoms with Crippen molar-refractivity contribution in [1.82, 2.24) is 9.78 Å². The Morgan fingerprint density at radius 1 is 1.40 bits per heavy atom. The zero-order chi connectivity index (χ0) is 10.3. The van der Waals surface area contributed by atoms with Crippen molar-refractivity contribution in [3.8, 4) is 11.6 Å². The third kappa shape index (κ3) is 1.26. The van der Waals surface area contributed by atoms with Crippen LogP contribution in [-0.4, -0.2) is 9.78 Å². The van der Waals surface area contributed by atoms with Crippen LogP contribution in [0.4, 0.5) is 5.69 Å². The van der Waals surface area contributed by atoms with Crippen LogP contribution < -0.4 is 10.1 Å². The molecule has 15 heavy (non-hydrogen) atoms. The van der Waals surface area contributed by atoms with Crippen molar-refractivity contribution >= 4 is 5.69 Å². The predicted octanol–water partition coefficient (Wildman–Crippen LogP) is 2.14. The molecule has 3 rings (SSSR count). The van der Waals surface area contributed by atoms with E-state index >= 15 is 0 Å². The van der Waals surface area contributed by atoms with Gasteiger partial charge in [-0.25, -0.2) is 4.68 Å². The zero-order valence-electron chi connectivity index (χ0n) is 8.40. The fourth-order valence-corrected chi connectivity index (χ4v) is 1.72. The van der Waals surface area contributed by atoms with Gasteiger partial charge >= 0.3 is 0 Å². The number of ether oxygens (including phenoxy) is 1. The number of anilines is 1. The van der Waals surface area contributed by atoms with E-state index in [-0.39, 0.29) is 0 Å². The highest BCUT2D eigenvalue weighted by atomic mass is 16.5. The van der Waals surface area contributed by atoms with Gasteiger partial charge in [-0.1, -0.05) is 12.1 Å². The summed E-state index contributed by atoms with van der Waals surface area (Å²) in [6.45, 7) is 0.750. The van der Waals surface area contributed by atoms with E-state index in [1.165, 1.54) is 0 Å². The molecule has 0 spiro atoms. The second-order valence-electron chi connectivity index (χ2n) is 3.55. The van der Waals surface area contributed by atoms with Crippen molar-refractivity contribution in [3.05, 3.63) is 36.0 Å². The summed E-state index contributed by atoms with van der Waals surface area (Å²) in [5, 5.41) is 7.48. The smallest absolute Gasteiger partial charge is 0.222 e. The molecular weight excluding hydrogens is 190 g/mol. The third-order valence-corrected chi connectivity index (χ3v) is 2.52. The molecule has 2 heterocycles. The Balaban J connectivity index is 2.12. The quantitative estimate of drug-likeness (QED) is 0.709. The number of fused-ring (bicyclic) bond motifs is 2. The van der Waals surface area contributed by atoms with Gasteiger partial charge < -0.3 is 10.1 Å². The van der Waals surface area contributed by atoms with Gasteiger partial charge in [0.25, 0.3) is 0 Å². The second-order valence-corrected chi connectivity index (χ2v) is 3.55. The lowest BCUT2D eigenvalue weighted by Crippen LogP contribution is -1.95. The molecule has 1 aliphatic heterocycles. The third-order valence-electron chi connectivity index (χ3n) is 2.52. The zero-order valence-corrected chi connectivity index (χ0v) is 8.40. The van der Waals surface area contributed by atoms with Crippen LogP contribution in [0.25, 0.3) is 0 Å². The van der Waals surface area contributed by atoms with Gasteiger partial charge in [0.15, 0.2) is 5.75 Å². The molecule has 1 aromatic carbocycles. The second kappa shape index (κ2) is 3.02. The van der Waals surface area contributed by atoms with Gasteiger partial charge in [-0.05, 0) is 12.1 Å². The molecule has 76 valence electrons. The molecule has 0 saturated heterocycles. The monoisotopic (exact) mass is 201 g/mol. The molecule has 1 aliphatic rings. The maximum atomic E-state index is 5.81. The molecule has 0 aliphatic carbocycles. The van der Waals surface area contributed by atoms with Crippen LogP contribution in [0.15, 0.2) is 30.5 Å². The topological polar surface area (TPSA) is 39.1 Å². The van der Waals surface area contributed by atoms with E-state index in [1.54, 1.807) is 4.68 Å². The average molecular weight is 201 g/mol. The lowest BCUT2D eigenvalue weighted by atomic mass is 10.3. The lowest BCUT2D eigenvalue weighted by Gasteiger charge is -2.07. The van der Waals surface area contributed by atoms with E-state index in [0.717, 1.165) is 29.4 Å². The van der Waals surface area contributed by atoms with E-state index < -0.39 is 0 Å². The molecule has 1 aromatic heterocycles. The molecule has 0 fully saturated rings. The van der Waals surface area contributed by atoms with Gasteiger partial charge in [0.2, 0.25) is 5.88 Å². The highest BCUT2D eigenvalue weighted by molar-refractivity contribution is 5.59. The lowest BCUT2D eigenvalue weighted by molar-refractivity contribution is 0.431. The highest BCUT2D eigenvalue weighted by Crippen LogP contribution is 2.34. The van der Waals surface area contributed by atoms with Crippen molar-refractivity contribution in [1.29, 1.82) is 0 Å². The Labute approximate surface area is 87.5 Å². The van der Waals surface area contributed by atoms with Crippen molar-refractivity contribution in [2.24, 2.45) is 7.05 Å². The summed E-state index contributed by atoms with van der Waals surface area (Å²) < 4.78 is 7.56. The number of para-hydroxylation sites is 2. The van der Waals surface area contributed by atoms with Crippen molar-refractivity contribution in [3.63, 3.8) is 0 Å². The van der Waals surface area contributed by atoms with Gasteiger partial charge in [-0.15, -0.1) is 0 Å². The summed E-state index contributed by atoms with van der Waals surface area (Å²) in [5.74, 6) is 1.66. The molecule has 0 atom stereocenters. The van der Waals surface area contributed by atoms with Crippen LogP contribution in [-0.2, 0) is 13.6 Å². The normalized spacial score (nSPS) is 13.1. The van der Waals surface area contributed by atoms with Crippen molar-refractivity contribution in [2.75, 3.05) is 5.32 Å². The van der Waals surface area contributed by atoms with E-state index in [2.05, 4.69) is 10.4 Å². The average Bonchev–Trinajstić information content (AvgIpc) is 2.51. The van der Waals surface area contributed by atoms with Crippen LogP contribution in [0.2, 0.25) is 0 Å². The predicted molar refractivity (Wildman–Crippen MR) is 57.1 cm³/mol. The van der Waals surface area contributed by atoms with Crippen molar-refractivity contribution < 1.29 is 4.74 Å². The van der Waals surface area contributed by atoms with Gasteiger partial charge in [-0.3, -0.25) is 0 Å². The maximum Gasteiger partial charge on any atom is 0.222 e. The van der Waals surface area contributed by atoms with E-state index in [9.17, 15) is 0 Å². The van der Waals surface area contributed by atoms with Gasteiger partial charge in [-0.2, -0.15) is 5.10 Å². The SMILES string of the molecule is Cn1ncc2c1Oc1ccccc1NC2. The fourth-order valence-electron chi connectivity index (χ4n) is 1.72. The Hall–Kier alpha value is -1.97. The first-order chi connectivity index (χ1) is 7.34. The highest BCUT2D eigenvalue weighted by Gasteiger charge is 2.16. The first-order valence-corrected chi connectivity index (χ1v) is 4.86. The first-order valence-electron chi connectivity index (χ1n) is 4.86. The number of hydrogen-bond donors (Lipinski definition) is 1. The summed E-state index contributed by atoms with van der Waals surface area (Å²) in [7, 11) is 1.88. The molecule has 0 radical (unpaired) electrons. The van der Waals surface area contributed by atoms with Gasteiger partial charge in [0, 0.05) is 13.6 Å². The number of nitrogens with one attached hydrogen (secondary N) is 1. The Kier molecular flexibility index (Phi) is 1.68. The number of aryl methyl sites for hydroxylation is 1. The minimum absolute atomic E-state index is 0.750. The number of nitrogens with zero attached hydrogens (tertiary/aromatic N) is 2. The van der Waals surface area contributed by atoms with Crippen LogP contribution in [0, 0.1) is 0 Å². The Morgan fingerprint density at radius 2 is 2.27 bits per heavy atom. The molecule has 0 bridgehead atoms. The molecular formula is C11H11N3O. The van der Waals surface area contributed by atoms with Crippen LogP contribution in [0.5, 0.6) is 11.6 Å². The van der Waals surface area contributed by atoms with E-state index in [4.69, 9.17) is 4.74 Å². The maximum absolute atomic E-state index is 5.81. The molecule has 0 amide bonds. The van der Waals surface area contributed by atoms with Crippen LogP contribution in [0.1, 0.15) is 5.56 Å². The molecule has 4 heteroatoms. The summed E-state index contributed by atoms with van der Waals surface area (Å²) in [6, 6.07) is 7.91. The molecule has 0 saturated carbocycles. The summed E-state index contributed by atoms with van der Waals surface area (Å²) in [5.41, 5.74) is 2.10. The largest absolute Gasteiger partial charge is 0.437 e. The van der Waals surface area contributed by atoms with Gasteiger partial charge in [0.1, 0.15) is 0 Å². The summed E-state index contributed by atoms with van der Waals surface area (Å²) in [6.07, 6.45) is 1.83. The molecule has 2 aromatic rings. The van der Waals surface area contributed by atoms with Crippen LogP contribution in [0.3, 0.4) is 0 Å². The van der Waals surface area contributed by atoms with E-state index in [1.807, 2.05) is 37.5 Å². The van der Waals surface area contributed by atoms with E-state index in [0.29, 0.717) is 0 Å².